The van der Waals surface area contributed by atoms with E-state index in [1.165, 1.54) is 42.8 Å². The number of H-pyrrole nitrogens is 2. The molecule has 2 aliphatic heterocycles. The highest BCUT2D eigenvalue weighted by atomic mass is 16.5. The lowest BCUT2D eigenvalue weighted by molar-refractivity contribution is -0.144. The first kappa shape index (κ1) is 55.4. The van der Waals surface area contributed by atoms with Crippen LogP contribution in [-0.2, 0) is 36.8 Å². The van der Waals surface area contributed by atoms with Crippen molar-refractivity contribution < 1.29 is 38.6 Å². The molecule has 2 aliphatic carbocycles. The number of hydrogen-bond acceptors (Lipinski definition) is 11. The third-order valence-electron chi connectivity index (χ3n) is 15.2. The van der Waals surface area contributed by atoms with Gasteiger partial charge in [-0.05, 0) is 108 Å². The SMILES string of the molecule is C=CCN1C[C@H](C(=O)N(CCCN(C)CC(=O)O)C(=O)NCC)C[C@@H]2c3cccc4[nH]cc(c34)C[C@H]21.C=CCN1C[C@H](C(=O)N(CCCN(C)CC(=O)OCC)C(=O)NCC)C[C@@H]2c3cccc4[nH]cc(c34)C[C@H]21. The third kappa shape index (κ3) is 12.8. The number of esters is 1. The predicted molar refractivity (Wildman–Crippen MR) is 287 cm³/mol. The number of likely N-dealkylation sites (N-methyl/N-ethyl adjacent to an activating group) is 2. The average molecular weight is 1020 g/mol. The summed E-state index contributed by atoms with van der Waals surface area (Å²) in [5.74, 6) is -1.70. The molecular formula is C56H78N10O8. The Bertz CT molecular complexity index is 2650. The van der Waals surface area contributed by atoms with Gasteiger partial charge in [-0.15, -0.1) is 13.2 Å². The summed E-state index contributed by atoms with van der Waals surface area (Å²) in [6.07, 6.45) is 12.3. The Morgan fingerprint density at radius 3 is 1.54 bits per heavy atom. The number of aromatic nitrogens is 2. The first-order valence-corrected chi connectivity index (χ1v) is 26.5. The molecule has 6 amide bonds. The van der Waals surface area contributed by atoms with Crippen molar-refractivity contribution >= 4 is 57.6 Å². The second-order valence-electron chi connectivity index (χ2n) is 20.3. The van der Waals surface area contributed by atoms with Gasteiger partial charge in [0.15, 0.2) is 0 Å². The second-order valence-corrected chi connectivity index (χ2v) is 20.3. The average Bonchev–Trinajstić information content (AvgIpc) is 3.99. The van der Waals surface area contributed by atoms with Crippen LogP contribution in [0.25, 0.3) is 21.8 Å². The maximum atomic E-state index is 13.9. The molecule has 0 spiro atoms. The molecule has 4 aromatic rings. The number of carbonyl (C=O) groups excluding carboxylic acids is 5. The van der Waals surface area contributed by atoms with Gasteiger partial charge in [-0.1, -0.05) is 36.4 Å². The molecule has 18 heteroatoms. The number of aromatic amines is 2. The fraction of sp³-hybridized carbons (Fsp3) is 0.536. The van der Waals surface area contributed by atoms with E-state index in [1.54, 1.807) is 18.9 Å². The van der Waals surface area contributed by atoms with Gasteiger partial charge in [-0.2, -0.15) is 0 Å². The van der Waals surface area contributed by atoms with Crippen molar-refractivity contribution in [3.63, 3.8) is 0 Å². The summed E-state index contributed by atoms with van der Waals surface area (Å²) in [6, 6.07) is 12.5. The van der Waals surface area contributed by atoms with Crippen LogP contribution in [0.1, 0.15) is 80.5 Å². The number of carbonyl (C=O) groups is 6. The fourth-order valence-electron chi connectivity index (χ4n) is 12.1. The summed E-state index contributed by atoms with van der Waals surface area (Å²) in [7, 11) is 3.56. The van der Waals surface area contributed by atoms with Gasteiger partial charge in [0, 0.05) is 124 Å². The van der Waals surface area contributed by atoms with Gasteiger partial charge in [-0.25, -0.2) is 9.59 Å². The summed E-state index contributed by atoms with van der Waals surface area (Å²) in [5.41, 5.74) is 7.45. The molecule has 2 aromatic carbocycles. The van der Waals surface area contributed by atoms with Gasteiger partial charge in [-0.3, -0.25) is 48.6 Å². The van der Waals surface area contributed by atoms with E-state index in [1.807, 2.05) is 37.9 Å². The second kappa shape index (κ2) is 25.7. The van der Waals surface area contributed by atoms with Crippen molar-refractivity contribution in [2.45, 2.75) is 83.2 Å². The molecule has 6 atom stereocenters. The first-order chi connectivity index (χ1) is 35.7. The highest BCUT2D eigenvalue weighted by molar-refractivity contribution is 5.97. The number of rotatable bonds is 21. The zero-order chi connectivity index (χ0) is 53.1. The van der Waals surface area contributed by atoms with E-state index in [-0.39, 0.29) is 79.2 Å². The number of benzene rings is 2. The van der Waals surface area contributed by atoms with E-state index in [0.717, 1.165) is 23.9 Å². The maximum Gasteiger partial charge on any atom is 0.324 e. The van der Waals surface area contributed by atoms with E-state index in [9.17, 15) is 28.8 Å². The number of carboxylic acid groups (broad SMARTS) is 1. The van der Waals surface area contributed by atoms with Crippen LogP contribution in [0.4, 0.5) is 9.59 Å². The number of ether oxygens (including phenoxy) is 1. The number of fused-ring (bicyclic) bond motifs is 4. The Labute approximate surface area is 435 Å². The van der Waals surface area contributed by atoms with Crippen molar-refractivity contribution in [3.8, 4) is 0 Å². The molecule has 5 N–H and O–H groups in total. The number of nitrogens with zero attached hydrogens (tertiary/aromatic N) is 6. The largest absolute Gasteiger partial charge is 0.480 e. The van der Waals surface area contributed by atoms with Crippen LogP contribution in [0.15, 0.2) is 74.1 Å². The van der Waals surface area contributed by atoms with Crippen molar-refractivity contribution in [2.75, 3.05) is 99.2 Å². The van der Waals surface area contributed by atoms with Crippen molar-refractivity contribution in [2.24, 2.45) is 11.8 Å². The Morgan fingerprint density at radius 1 is 0.689 bits per heavy atom. The molecule has 2 aromatic heterocycles. The lowest BCUT2D eigenvalue weighted by atomic mass is 9.72. The molecule has 0 unspecified atom stereocenters. The number of imide groups is 2. The minimum Gasteiger partial charge on any atom is -0.480 e. The standard InChI is InChI=1S/C29H41N5O4.C27H37N5O4/c1-5-12-33-18-21(15-23-22-10-8-11-24-27(22)20(17-31-24)16-25(23)33)28(36)34(29(37)30-6-2)14-9-13-32(4)19-26(35)38-7-3;1-4-10-31-16-19(13-21-20-8-6-9-22-25(20)18(15-29-22)14-23(21)31)26(35)32(27(36)28-5-2)12-7-11-30(3)17-24(33)34/h5,8,10-11,17,21,23,25,31H,1,6-7,9,12-16,18-19H2,2-4H3,(H,30,37);4,6,8-9,15,19,21,23,29H,1,5,7,10-14,16-17H2,2-3H3,(H,28,36)(H,33,34)/t21-,23-,25-;19-,21-,23-/m11/s1. The van der Waals surface area contributed by atoms with E-state index in [2.05, 4.69) is 92.4 Å². The first-order valence-electron chi connectivity index (χ1n) is 26.5. The lowest BCUT2D eigenvalue weighted by Gasteiger charge is -2.47. The normalized spacial score (nSPS) is 21.0. The molecule has 4 heterocycles. The number of aliphatic carboxylic acids is 1. The molecule has 4 aliphatic rings. The van der Waals surface area contributed by atoms with Gasteiger partial charge in [0.05, 0.1) is 31.5 Å². The zero-order valence-electron chi connectivity index (χ0n) is 44.1. The Balaban J connectivity index is 0.000000217. The molecule has 74 heavy (non-hydrogen) atoms. The van der Waals surface area contributed by atoms with Crippen molar-refractivity contribution in [1.82, 2.24) is 50.0 Å². The van der Waals surface area contributed by atoms with E-state index in [0.29, 0.717) is 97.2 Å². The van der Waals surface area contributed by atoms with Crippen molar-refractivity contribution in [3.05, 3.63) is 96.4 Å². The summed E-state index contributed by atoms with van der Waals surface area (Å²) < 4.78 is 5.02. The van der Waals surface area contributed by atoms with Gasteiger partial charge in [0.25, 0.3) is 0 Å². The monoisotopic (exact) mass is 1020 g/mol. The molecule has 0 saturated carbocycles. The van der Waals surface area contributed by atoms with Crippen LogP contribution in [0.5, 0.6) is 0 Å². The number of hydrogen-bond donors (Lipinski definition) is 5. The molecule has 400 valence electrons. The van der Waals surface area contributed by atoms with E-state index < -0.39 is 5.97 Å². The van der Waals surface area contributed by atoms with Crippen LogP contribution >= 0.6 is 0 Å². The number of carboxylic acids is 1. The zero-order valence-corrected chi connectivity index (χ0v) is 44.1. The Morgan fingerprint density at radius 2 is 1.14 bits per heavy atom. The third-order valence-corrected chi connectivity index (χ3v) is 15.2. The van der Waals surface area contributed by atoms with Crippen LogP contribution in [-0.4, -0.2) is 192 Å². The molecular weight excluding hydrogens is 941 g/mol. The molecule has 18 nitrogen and oxygen atoms in total. The summed E-state index contributed by atoms with van der Waals surface area (Å²) >= 11 is 0. The topological polar surface area (TPSA) is 207 Å². The van der Waals surface area contributed by atoms with Crippen LogP contribution in [0.3, 0.4) is 0 Å². The quantitative estimate of drug-likeness (QED) is 0.0498. The number of piperidine rings is 2. The summed E-state index contributed by atoms with van der Waals surface area (Å²) in [4.78, 5) is 94.2. The number of amides is 6. The summed E-state index contributed by atoms with van der Waals surface area (Å²) in [5, 5.41) is 17.1. The molecule has 2 saturated heterocycles. The maximum absolute atomic E-state index is 13.9. The van der Waals surface area contributed by atoms with E-state index in [4.69, 9.17) is 9.84 Å². The van der Waals surface area contributed by atoms with Gasteiger partial charge in [0.1, 0.15) is 0 Å². The molecule has 0 bridgehead atoms. The minimum absolute atomic E-state index is 0.0794. The highest BCUT2D eigenvalue weighted by Crippen LogP contribution is 2.46. The van der Waals surface area contributed by atoms with Gasteiger partial charge in [0.2, 0.25) is 11.8 Å². The van der Waals surface area contributed by atoms with Crippen LogP contribution in [0, 0.1) is 11.8 Å². The van der Waals surface area contributed by atoms with Gasteiger partial charge < -0.3 is 30.4 Å². The minimum atomic E-state index is -0.902. The Kier molecular flexibility index (Phi) is 19.3. The lowest BCUT2D eigenvalue weighted by Crippen LogP contribution is -2.55. The Hall–Kier alpha value is -6.34. The number of likely N-dealkylation sites (tertiary alicyclic amines) is 2. The smallest absolute Gasteiger partial charge is 0.324 e. The number of urea groups is 2. The van der Waals surface area contributed by atoms with Crippen molar-refractivity contribution in [1.29, 1.82) is 0 Å². The van der Waals surface area contributed by atoms with Gasteiger partial charge >= 0.3 is 24.0 Å². The van der Waals surface area contributed by atoms with Crippen LogP contribution in [0.2, 0.25) is 0 Å². The predicted octanol–water partition coefficient (Wildman–Crippen LogP) is 5.78. The molecule has 8 rings (SSSR count). The van der Waals surface area contributed by atoms with E-state index >= 15 is 0 Å². The molecule has 2 fully saturated rings. The molecule has 0 radical (unpaired) electrons. The van der Waals surface area contributed by atoms with Crippen LogP contribution < -0.4 is 10.6 Å². The number of nitrogens with one attached hydrogen (secondary N) is 4. The highest BCUT2D eigenvalue weighted by Gasteiger charge is 2.46. The fourth-order valence-corrected chi connectivity index (χ4v) is 12.1. The summed E-state index contributed by atoms with van der Waals surface area (Å²) in [6.45, 7) is 18.8.